The molecular formula is C23H32F3N3O4. The summed E-state index contributed by atoms with van der Waals surface area (Å²) < 4.78 is 31.7. The Balaban J connectivity index is 0.000000675. The van der Waals surface area contributed by atoms with Crippen LogP contribution in [0.15, 0.2) is 36.4 Å². The molecule has 184 valence electrons. The fourth-order valence-corrected chi connectivity index (χ4v) is 3.16. The van der Waals surface area contributed by atoms with E-state index in [1.54, 1.807) is 17.1 Å². The molecular weight excluding hydrogens is 439 g/mol. The number of rotatable bonds is 6. The number of aliphatic carboxylic acids is 1. The standard InChI is InChI=1S/C21H31N3O2.C2HF3O2/c1-5-17(22)20(26)23-16(14-21(2,3)4)10-11-19(25)24-13-12-15-8-6-7-9-18(15)24;3-2(4,5)1(6)7/h6-11,16-17H,5,12-14,22H2,1-4H3,(H,23,26);(H,6,7)/t16-,17+;/m1./s1. The summed E-state index contributed by atoms with van der Waals surface area (Å²) in [7, 11) is 0. The maximum Gasteiger partial charge on any atom is 0.490 e. The van der Waals surface area contributed by atoms with Gasteiger partial charge in [-0.2, -0.15) is 13.2 Å². The van der Waals surface area contributed by atoms with Gasteiger partial charge in [0.1, 0.15) is 0 Å². The zero-order valence-electron chi connectivity index (χ0n) is 19.3. The second-order valence-corrected chi connectivity index (χ2v) is 8.93. The number of hydrogen-bond donors (Lipinski definition) is 3. The number of carboxylic acid groups (broad SMARTS) is 1. The summed E-state index contributed by atoms with van der Waals surface area (Å²) in [5, 5.41) is 10.1. The van der Waals surface area contributed by atoms with Gasteiger partial charge in [0.05, 0.1) is 6.04 Å². The Hall–Kier alpha value is -2.88. The topological polar surface area (TPSA) is 113 Å². The summed E-state index contributed by atoms with van der Waals surface area (Å²) in [4.78, 5) is 35.5. The normalized spacial score (nSPS) is 15.3. The summed E-state index contributed by atoms with van der Waals surface area (Å²) in [6, 6.07) is 7.23. The average molecular weight is 472 g/mol. The fourth-order valence-electron chi connectivity index (χ4n) is 3.16. The number of nitrogens with two attached hydrogens (primary N) is 1. The molecule has 1 aliphatic rings. The number of benzene rings is 1. The van der Waals surface area contributed by atoms with Crippen LogP contribution >= 0.6 is 0 Å². The molecule has 0 aliphatic carbocycles. The molecule has 1 aromatic carbocycles. The van der Waals surface area contributed by atoms with Crippen LogP contribution in [0.1, 0.15) is 46.1 Å². The molecule has 0 aromatic heterocycles. The third kappa shape index (κ3) is 9.65. The predicted octanol–water partition coefficient (Wildman–Crippen LogP) is 3.42. The number of carbonyl (C=O) groups excluding carboxylic acids is 2. The highest BCUT2D eigenvalue weighted by Crippen LogP contribution is 2.28. The van der Waals surface area contributed by atoms with Crippen molar-refractivity contribution in [3.63, 3.8) is 0 Å². The van der Waals surface area contributed by atoms with Crippen LogP contribution in [-0.4, -0.2) is 47.7 Å². The molecule has 1 aliphatic heterocycles. The highest BCUT2D eigenvalue weighted by atomic mass is 19.4. The van der Waals surface area contributed by atoms with Gasteiger partial charge in [0.25, 0.3) is 5.91 Å². The van der Waals surface area contributed by atoms with Crippen LogP contribution in [0.5, 0.6) is 0 Å². The smallest absolute Gasteiger partial charge is 0.475 e. The summed E-state index contributed by atoms with van der Waals surface area (Å²) in [6.45, 7) is 8.90. The van der Waals surface area contributed by atoms with Crippen LogP contribution in [0.2, 0.25) is 0 Å². The van der Waals surface area contributed by atoms with Crippen molar-refractivity contribution in [2.24, 2.45) is 11.1 Å². The van der Waals surface area contributed by atoms with Crippen molar-refractivity contribution >= 4 is 23.5 Å². The van der Waals surface area contributed by atoms with Crippen molar-refractivity contribution in [3.05, 3.63) is 42.0 Å². The number of hydrogen-bond acceptors (Lipinski definition) is 4. The van der Waals surface area contributed by atoms with Gasteiger partial charge >= 0.3 is 12.1 Å². The summed E-state index contributed by atoms with van der Waals surface area (Å²) in [6.07, 6.45) is 0.491. The first kappa shape index (κ1) is 28.2. The third-order valence-corrected chi connectivity index (χ3v) is 4.80. The first-order valence-electron chi connectivity index (χ1n) is 10.6. The number of carbonyl (C=O) groups is 3. The van der Waals surface area contributed by atoms with Gasteiger partial charge in [0.2, 0.25) is 5.91 Å². The molecule has 1 aromatic rings. The van der Waals surface area contributed by atoms with Crippen molar-refractivity contribution in [2.75, 3.05) is 11.4 Å². The Labute approximate surface area is 191 Å². The number of halogens is 3. The van der Waals surface area contributed by atoms with Gasteiger partial charge in [-0.25, -0.2) is 4.79 Å². The van der Waals surface area contributed by atoms with E-state index in [0.29, 0.717) is 13.0 Å². The zero-order chi connectivity index (χ0) is 25.4. The number of amides is 2. The molecule has 1 heterocycles. The quantitative estimate of drug-likeness (QED) is 0.551. The van der Waals surface area contributed by atoms with Crippen LogP contribution in [0.25, 0.3) is 0 Å². The van der Waals surface area contributed by atoms with E-state index in [4.69, 9.17) is 15.6 Å². The summed E-state index contributed by atoms with van der Waals surface area (Å²) >= 11 is 0. The van der Waals surface area contributed by atoms with Crippen molar-refractivity contribution < 1.29 is 32.7 Å². The molecule has 0 fully saturated rings. The van der Waals surface area contributed by atoms with E-state index < -0.39 is 18.2 Å². The maximum atomic E-state index is 12.7. The van der Waals surface area contributed by atoms with Crippen LogP contribution in [0.4, 0.5) is 18.9 Å². The molecule has 2 atom stereocenters. The van der Waals surface area contributed by atoms with Gasteiger partial charge in [0, 0.05) is 24.4 Å². The number of carboxylic acids is 1. The largest absolute Gasteiger partial charge is 0.490 e. The molecule has 33 heavy (non-hydrogen) atoms. The number of nitrogens with one attached hydrogen (secondary N) is 1. The van der Waals surface area contributed by atoms with Crippen LogP contribution in [-0.2, 0) is 20.8 Å². The zero-order valence-corrected chi connectivity index (χ0v) is 19.3. The van der Waals surface area contributed by atoms with E-state index in [1.807, 2.05) is 25.1 Å². The monoisotopic (exact) mass is 471 g/mol. The first-order valence-corrected chi connectivity index (χ1v) is 10.6. The van der Waals surface area contributed by atoms with Crippen LogP contribution in [0.3, 0.4) is 0 Å². The number of fused-ring (bicyclic) bond motifs is 1. The Morgan fingerprint density at radius 2 is 1.79 bits per heavy atom. The second kappa shape index (κ2) is 11.8. The Morgan fingerprint density at radius 3 is 2.30 bits per heavy atom. The maximum absolute atomic E-state index is 12.7. The van der Waals surface area contributed by atoms with Gasteiger partial charge in [0.15, 0.2) is 0 Å². The molecule has 0 radical (unpaired) electrons. The van der Waals surface area contributed by atoms with E-state index in [-0.39, 0.29) is 23.3 Å². The van der Waals surface area contributed by atoms with Gasteiger partial charge < -0.3 is 21.1 Å². The van der Waals surface area contributed by atoms with Crippen LogP contribution < -0.4 is 16.0 Å². The van der Waals surface area contributed by atoms with E-state index in [0.717, 1.165) is 18.5 Å². The van der Waals surface area contributed by atoms with Gasteiger partial charge in [-0.15, -0.1) is 0 Å². The molecule has 0 spiro atoms. The second-order valence-electron chi connectivity index (χ2n) is 8.93. The third-order valence-electron chi connectivity index (χ3n) is 4.80. The van der Waals surface area contributed by atoms with Gasteiger partial charge in [-0.1, -0.05) is 52.0 Å². The molecule has 0 saturated heterocycles. The minimum Gasteiger partial charge on any atom is -0.475 e. The molecule has 0 saturated carbocycles. The van der Waals surface area contributed by atoms with E-state index in [9.17, 15) is 22.8 Å². The van der Waals surface area contributed by atoms with E-state index in [2.05, 4.69) is 32.2 Å². The Morgan fingerprint density at radius 1 is 1.21 bits per heavy atom. The number of para-hydroxylation sites is 1. The van der Waals surface area contributed by atoms with Gasteiger partial charge in [-0.05, 0) is 36.3 Å². The lowest BCUT2D eigenvalue weighted by atomic mass is 9.87. The molecule has 2 amide bonds. The molecule has 7 nitrogen and oxygen atoms in total. The lowest BCUT2D eigenvalue weighted by molar-refractivity contribution is -0.192. The molecule has 0 bridgehead atoms. The summed E-state index contributed by atoms with van der Waals surface area (Å²) in [5.74, 6) is -2.99. The van der Waals surface area contributed by atoms with Gasteiger partial charge in [-0.3, -0.25) is 9.59 Å². The molecule has 10 heteroatoms. The predicted molar refractivity (Wildman–Crippen MR) is 120 cm³/mol. The van der Waals surface area contributed by atoms with Crippen molar-refractivity contribution in [1.82, 2.24) is 5.32 Å². The minimum atomic E-state index is -5.08. The van der Waals surface area contributed by atoms with E-state index >= 15 is 0 Å². The Kier molecular flexibility index (Phi) is 10.1. The fraction of sp³-hybridized carbons (Fsp3) is 0.522. The average Bonchev–Trinajstić information content (AvgIpc) is 3.14. The van der Waals surface area contributed by atoms with Crippen molar-refractivity contribution in [1.29, 1.82) is 0 Å². The first-order chi connectivity index (χ1) is 15.2. The van der Waals surface area contributed by atoms with E-state index in [1.165, 1.54) is 5.56 Å². The molecule has 4 N–H and O–H groups in total. The van der Waals surface area contributed by atoms with Crippen LogP contribution in [0, 0.1) is 5.41 Å². The van der Waals surface area contributed by atoms with Crippen molar-refractivity contribution in [3.8, 4) is 0 Å². The highest BCUT2D eigenvalue weighted by Gasteiger charge is 2.38. The molecule has 0 unspecified atom stereocenters. The van der Waals surface area contributed by atoms with Crippen molar-refractivity contribution in [2.45, 2.75) is 65.2 Å². The summed E-state index contributed by atoms with van der Waals surface area (Å²) in [5.41, 5.74) is 8.02. The number of alkyl halides is 3. The lowest BCUT2D eigenvalue weighted by Gasteiger charge is -2.26. The number of nitrogens with zero attached hydrogens (tertiary/aromatic N) is 1. The molecule has 2 rings (SSSR count). The lowest BCUT2D eigenvalue weighted by Crippen LogP contribution is -2.45. The highest BCUT2D eigenvalue weighted by molar-refractivity contribution is 6.03. The Bertz CT molecular complexity index is 863. The minimum absolute atomic E-state index is 0.0158. The number of anilines is 1. The SMILES string of the molecule is CC[C@H](N)C(=O)N[C@H](C=CC(=O)N1CCc2ccccc21)CC(C)(C)C.O=C(O)C(F)(F)F.